The van der Waals surface area contributed by atoms with Gasteiger partial charge in [-0.25, -0.2) is 0 Å². The van der Waals surface area contributed by atoms with E-state index >= 15 is 0 Å². The molecule has 1 aromatic heterocycles. The van der Waals surface area contributed by atoms with Gasteiger partial charge >= 0.3 is 5.69 Å². The second kappa shape index (κ2) is 4.39. The summed E-state index contributed by atoms with van der Waals surface area (Å²) in [6.07, 6.45) is 0. The SMILES string of the molecule is Cc1noc(C(CN)C(C)C)c1[N+](=O)[O-]. The fourth-order valence-electron chi connectivity index (χ4n) is 1.53. The molecule has 0 aliphatic heterocycles. The Hall–Kier alpha value is -1.43. The number of hydrogen-bond acceptors (Lipinski definition) is 5. The van der Waals surface area contributed by atoms with Crippen molar-refractivity contribution < 1.29 is 9.45 Å². The number of rotatable bonds is 4. The summed E-state index contributed by atoms with van der Waals surface area (Å²) in [5, 5.41) is 14.4. The lowest BCUT2D eigenvalue weighted by molar-refractivity contribution is -0.386. The second-order valence-electron chi connectivity index (χ2n) is 3.82. The van der Waals surface area contributed by atoms with Gasteiger partial charge in [0.2, 0.25) is 5.76 Å². The molecular weight excluding hydrogens is 198 g/mol. The fraction of sp³-hybridized carbons (Fsp3) is 0.667. The Bertz CT molecular complexity index is 359. The third-order valence-corrected chi connectivity index (χ3v) is 2.44. The molecule has 0 aliphatic rings. The van der Waals surface area contributed by atoms with Crippen LogP contribution in [0, 0.1) is 23.0 Å². The number of nitrogens with zero attached hydrogens (tertiary/aromatic N) is 2. The number of aryl methyl sites for hydroxylation is 1. The lowest BCUT2D eigenvalue weighted by Gasteiger charge is -2.14. The van der Waals surface area contributed by atoms with E-state index in [1.165, 1.54) is 0 Å². The van der Waals surface area contributed by atoms with Crippen molar-refractivity contribution in [3.05, 3.63) is 21.6 Å². The summed E-state index contributed by atoms with van der Waals surface area (Å²) in [5.41, 5.74) is 5.83. The zero-order chi connectivity index (χ0) is 11.6. The first-order chi connectivity index (χ1) is 6.99. The molecule has 1 rings (SSSR count). The molecule has 0 aromatic carbocycles. The van der Waals surface area contributed by atoms with Gasteiger partial charge in [0, 0.05) is 12.5 Å². The normalized spacial score (nSPS) is 13.1. The largest absolute Gasteiger partial charge is 0.353 e. The van der Waals surface area contributed by atoms with Crippen LogP contribution in [0.15, 0.2) is 4.52 Å². The highest BCUT2D eigenvalue weighted by atomic mass is 16.6. The van der Waals surface area contributed by atoms with Crippen molar-refractivity contribution in [1.82, 2.24) is 5.16 Å². The molecule has 0 bridgehead atoms. The average Bonchev–Trinajstić information content (AvgIpc) is 2.48. The van der Waals surface area contributed by atoms with Crippen molar-refractivity contribution in [3.63, 3.8) is 0 Å². The van der Waals surface area contributed by atoms with Crippen molar-refractivity contribution in [2.24, 2.45) is 11.7 Å². The van der Waals surface area contributed by atoms with Crippen molar-refractivity contribution in [3.8, 4) is 0 Å². The van der Waals surface area contributed by atoms with Gasteiger partial charge in [-0.3, -0.25) is 10.1 Å². The zero-order valence-electron chi connectivity index (χ0n) is 9.06. The highest BCUT2D eigenvalue weighted by molar-refractivity contribution is 5.40. The highest BCUT2D eigenvalue weighted by Gasteiger charge is 2.31. The van der Waals surface area contributed by atoms with Gasteiger partial charge in [-0.05, 0) is 12.8 Å². The molecule has 6 nitrogen and oxygen atoms in total. The molecule has 0 spiro atoms. The van der Waals surface area contributed by atoms with Crippen LogP contribution >= 0.6 is 0 Å². The minimum atomic E-state index is -0.466. The Labute approximate surface area is 87.6 Å². The quantitative estimate of drug-likeness (QED) is 0.605. The molecule has 1 unspecified atom stereocenters. The number of nitro groups is 1. The van der Waals surface area contributed by atoms with E-state index in [1.54, 1.807) is 6.92 Å². The van der Waals surface area contributed by atoms with E-state index in [0.29, 0.717) is 12.2 Å². The Morgan fingerprint density at radius 1 is 1.60 bits per heavy atom. The number of aromatic nitrogens is 1. The van der Waals surface area contributed by atoms with Crippen LogP contribution in [0.4, 0.5) is 5.69 Å². The van der Waals surface area contributed by atoms with E-state index in [1.807, 2.05) is 13.8 Å². The molecule has 6 heteroatoms. The first kappa shape index (κ1) is 11.6. The first-order valence-corrected chi connectivity index (χ1v) is 4.79. The van der Waals surface area contributed by atoms with E-state index in [0.717, 1.165) is 0 Å². The van der Waals surface area contributed by atoms with Crippen molar-refractivity contribution in [2.75, 3.05) is 6.54 Å². The minimum absolute atomic E-state index is 0.0425. The van der Waals surface area contributed by atoms with E-state index in [-0.39, 0.29) is 23.3 Å². The van der Waals surface area contributed by atoms with Crippen LogP contribution in [0.5, 0.6) is 0 Å². The van der Waals surface area contributed by atoms with E-state index in [2.05, 4.69) is 5.16 Å². The Morgan fingerprint density at radius 2 is 2.20 bits per heavy atom. The summed E-state index contributed by atoms with van der Waals surface area (Å²) in [7, 11) is 0. The molecule has 0 amide bonds. The van der Waals surface area contributed by atoms with Gasteiger partial charge in [0.15, 0.2) is 5.69 Å². The van der Waals surface area contributed by atoms with Crippen molar-refractivity contribution in [2.45, 2.75) is 26.7 Å². The van der Waals surface area contributed by atoms with E-state index in [4.69, 9.17) is 10.3 Å². The predicted octanol–water partition coefficient (Wildman–Crippen LogP) is 1.59. The van der Waals surface area contributed by atoms with E-state index < -0.39 is 4.92 Å². The average molecular weight is 213 g/mol. The highest BCUT2D eigenvalue weighted by Crippen LogP contribution is 2.33. The van der Waals surface area contributed by atoms with Gasteiger partial charge in [0.05, 0.1) is 4.92 Å². The summed E-state index contributed by atoms with van der Waals surface area (Å²) in [6.45, 7) is 5.75. The molecular formula is C9H15N3O3. The van der Waals surface area contributed by atoms with Crippen molar-refractivity contribution in [1.29, 1.82) is 0 Å². The molecule has 0 saturated heterocycles. The smallest absolute Gasteiger partial charge is 0.334 e. The van der Waals surface area contributed by atoms with Gasteiger partial charge in [-0.2, -0.15) is 0 Å². The summed E-state index contributed by atoms with van der Waals surface area (Å²) in [5.74, 6) is 0.308. The van der Waals surface area contributed by atoms with Crippen LogP contribution in [0.3, 0.4) is 0 Å². The van der Waals surface area contributed by atoms with Crippen LogP contribution in [-0.2, 0) is 0 Å². The Morgan fingerprint density at radius 3 is 2.60 bits per heavy atom. The number of hydrogen-bond donors (Lipinski definition) is 1. The molecule has 15 heavy (non-hydrogen) atoms. The van der Waals surface area contributed by atoms with Gasteiger partial charge in [0.25, 0.3) is 0 Å². The van der Waals surface area contributed by atoms with Gasteiger partial charge < -0.3 is 10.3 Å². The maximum absolute atomic E-state index is 10.8. The van der Waals surface area contributed by atoms with Crippen molar-refractivity contribution >= 4 is 5.69 Å². The van der Waals surface area contributed by atoms with Crippen LogP contribution in [0.25, 0.3) is 0 Å². The molecule has 1 heterocycles. The predicted molar refractivity (Wildman–Crippen MR) is 54.5 cm³/mol. The zero-order valence-corrected chi connectivity index (χ0v) is 9.06. The van der Waals surface area contributed by atoms with Crippen LogP contribution in [-0.4, -0.2) is 16.6 Å². The Kier molecular flexibility index (Phi) is 3.41. The summed E-state index contributed by atoms with van der Waals surface area (Å²) >= 11 is 0. The lowest BCUT2D eigenvalue weighted by atomic mass is 9.92. The second-order valence-corrected chi connectivity index (χ2v) is 3.82. The molecule has 0 aliphatic carbocycles. The monoisotopic (exact) mass is 213 g/mol. The minimum Gasteiger partial charge on any atom is -0.353 e. The maximum atomic E-state index is 10.8. The standard InChI is InChI=1S/C9H15N3O3/c1-5(2)7(4-10)9-8(12(13)14)6(3)11-15-9/h5,7H,4,10H2,1-3H3. The third kappa shape index (κ3) is 2.15. The van der Waals surface area contributed by atoms with Crippen LogP contribution < -0.4 is 5.73 Å². The molecule has 2 N–H and O–H groups in total. The van der Waals surface area contributed by atoms with Gasteiger partial charge in [-0.1, -0.05) is 19.0 Å². The molecule has 0 radical (unpaired) electrons. The first-order valence-electron chi connectivity index (χ1n) is 4.79. The molecule has 1 aromatic rings. The third-order valence-electron chi connectivity index (χ3n) is 2.44. The van der Waals surface area contributed by atoms with Gasteiger partial charge in [-0.15, -0.1) is 0 Å². The van der Waals surface area contributed by atoms with Crippen LogP contribution in [0.2, 0.25) is 0 Å². The lowest BCUT2D eigenvalue weighted by Crippen LogP contribution is -2.18. The molecule has 0 fully saturated rings. The molecule has 84 valence electrons. The number of nitrogens with two attached hydrogens (primary N) is 1. The summed E-state index contributed by atoms with van der Waals surface area (Å²) in [6, 6.07) is 0. The summed E-state index contributed by atoms with van der Waals surface area (Å²) in [4.78, 5) is 10.3. The summed E-state index contributed by atoms with van der Waals surface area (Å²) < 4.78 is 5.00. The van der Waals surface area contributed by atoms with Gasteiger partial charge in [0.1, 0.15) is 0 Å². The topological polar surface area (TPSA) is 95.2 Å². The molecule has 0 saturated carbocycles. The van der Waals surface area contributed by atoms with E-state index in [9.17, 15) is 10.1 Å². The maximum Gasteiger partial charge on any atom is 0.334 e. The Balaban J connectivity index is 3.18. The molecule has 1 atom stereocenters. The van der Waals surface area contributed by atoms with Crippen LogP contribution in [0.1, 0.15) is 31.2 Å². The fourth-order valence-corrected chi connectivity index (χ4v) is 1.53.